The summed E-state index contributed by atoms with van der Waals surface area (Å²) >= 11 is 0. The number of amides is 2. The Labute approximate surface area is 190 Å². The number of aromatic nitrogens is 1. The Morgan fingerprint density at radius 2 is 1.88 bits per heavy atom. The molecule has 2 amide bonds. The molecule has 1 aliphatic carbocycles. The van der Waals surface area contributed by atoms with E-state index in [2.05, 4.69) is 16.4 Å². The fourth-order valence-electron chi connectivity index (χ4n) is 4.83. The molecule has 0 bridgehead atoms. The summed E-state index contributed by atoms with van der Waals surface area (Å²) in [5, 5.41) is 21.6. The number of carboxylic acid groups (broad SMARTS) is 1. The molecule has 33 heavy (non-hydrogen) atoms. The number of carbonyl (C=O) groups excluding carboxylic acids is 1. The fraction of sp³-hybridized carbons (Fsp3) is 0.417. The summed E-state index contributed by atoms with van der Waals surface area (Å²) in [4.78, 5) is 29.3. The molecule has 5 rings (SSSR count). The van der Waals surface area contributed by atoms with Gasteiger partial charge in [-0.05, 0) is 47.2 Å². The van der Waals surface area contributed by atoms with Gasteiger partial charge in [-0.3, -0.25) is 4.79 Å². The van der Waals surface area contributed by atoms with Gasteiger partial charge in [0.25, 0.3) is 0 Å². The molecule has 1 saturated carbocycles. The quantitative estimate of drug-likeness (QED) is 0.720. The number of piperidine rings is 1. The second-order valence-corrected chi connectivity index (χ2v) is 8.71. The molecule has 0 spiro atoms. The van der Waals surface area contributed by atoms with Crippen LogP contribution in [0, 0.1) is 29.1 Å². The predicted octanol–water partition coefficient (Wildman–Crippen LogP) is 2.97. The fourth-order valence-corrected chi connectivity index (χ4v) is 4.83. The average molecular weight is 448 g/mol. The number of carbonyl (C=O) groups is 2. The Bertz CT molecular complexity index is 1110. The summed E-state index contributed by atoms with van der Waals surface area (Å²) in [5.41, 5.74) is 2.10. The summed E-state index contributed by atoms with van der Waals surface area (Å²) in [7, 11) is 0. The molecule has 9 nitrogen and oxygen atoms in total. The third-order valence-corrected chi connectivity index (χ3v) is 6.67. The lowest BCUT2D eigenvalue weighted by Gasteiger charge is -2.23. The van der Waals surface area contributed by atoms with Crippen LogP contribution < -0.4 is 10.1 Å². The number of rotatable bonds is 5. The third kappa shape index (κ3) is 4.34. The molecule has 3 fully saturated rings. The van der Waals surface area contributed by atoms with E-state index in [-0.39, 0.29) is 29.8 Å². The summed E-state index contributed by atoms with van der Waals surface area (Å²) in [6.07, 6.45) is 2.33. The highest BCUT2D eigenvalue weighted by molar-refractivity contribution is 5.95. The summed E-state index contributed by atoms with van der Waals surface area (Å²) in [5.74, 6) is 0.872. The second kappa shape index (κ2) is 8.71. The van der Waals surface area contributed by atoms with Gasteiger partial charge in [-0.25, -0.2) is 9.78 Å². The number of pyridine rings is 1. The number of benzene rings is 1. The van der Waals surface area contributed by atoms with Crippen LogP contribution in [0.4, 0.5) is 10.6 Å². The van der Waals surface area contributed by atoms with Crippen molar-refractivity contribution in [1.82, 2.24) is 9.88 Å². The van der Waals surface area contributed by atoms with Gasteiger partial charge in [0.15, 0.2) is 0 Å². The van der Waals surface area contributed by atoms with Crippen molar-refractivity contribution < 1.29 is 24.2 Å². The number of fused-ring (bicyclic) bond motifs is 1. The number of ether oxygens (including phenoxy) is 2. The lowest BCUT2D eigenvalue weighted by molar-refractivity contribution is -0.118. The van der Waals surface area contributed by atoms with Crippen LogP contribution in [0.2, 0.25) is 0 Å². The highest BCUT2D eigenvalue weighted by atomic mass is 16.5. The minimum atomic E-state index is -0.934. The number of likely N-dealkylation sites (tertiary alicyclic amines) is 1. The first-order valence-electron chi connectivity index (χ1n) is 11.1. The largest absolute Gasteiger partial charge is 0.489 e. The zero-order valence-electron chi connectivity index (χ0n) is 17.9. The van der Waals surface area contributed by atoms with Crippen LogP contribution in [0.15, 0.2) is 36.5 Å². The Morgan fingerprint density at radius 1 is 1.15 bits per heavy atom. The molecule has 2 aliphatic heterocycles. The van der Waals surface area contributed by atoms with Crippen LogP contribution in [0.3, 0.4) is 0 Å². The monoisotopic (exact) mass is 448 g/mol. The lowest BCUT2D eigenvalue weighted by atomic mass is 10.0. The van der Waals surface area contributed by atoms with E-state index >= 15 is 0 Å². The van der Waals surface area contributed by atoms with E-state index in [9.17, 15) is 14.9 Å². The number of anilines is 1. The van der Waals surface area contributed by atoms with Gasteiger partial charge >= 0.3 is 6.09 Å². The third-order valence-electron chi connectivity index (χ3n) is 6.67. The number of nitrogens with one attached hydrogen (secondary N) is 1. The predicted molar refractivity (Wildman–Crippen MR) is 118 cm³/mol. The van der Waals surface area contributed by atoms with Gasteiger partial charge in [0.1, 0.15) is 23.7 Å². The van der Waals surface area contributed by atoms with Gasteiger partial charge in [0.2, 0.25) is 5.91 Å². The van der Waals surface area contributed by atoms with Gasteiger partial charge in [-0.1, -0.05) is 6.07 Å². The van der Waals surface area contributed by atoms with Crippen molar-refractivity contribution in [3.05, 3.63) is 42.1 Å². The molecule has 1 aromatic heterocycles. The minimum absolute atomic E-state index is 0.0453. The molecule has 170 valence electrons. The van der Waals surface area contributed by atoms with Crippen LogP contribution in [0.5, 0.6) is 5.75 Å². The van der Waals surface area contributed by atoms with Gasteiger partial charge < -0.3 is 24.8 Å². The number of nitriles is 1. The Morgan fingerprint density at radius 3 is 2.58 bits per heavy atom. The highest BCUT2D eigenvalue weighted by Gasteiger charge is 2.60. The van der Waals surface area contributed by atoms with Crippen LogP contribution in [-0.2, 0) is 9.53 Å². The maximum Gasteiger partial charge on any atom is 0.407 e. The molecular formula is C24H24N4O5. The first-order chi connectivity index (χ1) is 16.0. The molecule has 2 N–H and O–H groups in total. The SMILES string of the molecule is N#Cc1cc(-c2ccnc(NC(=O)C3[C@H]4CN(C(=O)O)C[C@@H]34)c2)ccc1OC1CCOCC1. The van der Waals surface area contributed by atoms with Gasteiger partial charge in [-0.2, -0.15) is 5.26 Å². The van der Waals surface area contributed by atoms with Gasteiger partial charge in [-0.15, -0.1) is 0 Å². The van der Waals surface area contributed by atoms with E-state index in [4.69, 9.17) is 14.6 Å². The Balaban J connectivity index is 1.26. The van der Waals surface area contributed by atoms with Crippen molar-refractivity contribution >= 4 is 17.8 Å². The molecule has 3 atom stereocenters. The van der Waals surface area contributed by atoms with Crippen LogP contribution in [-0.4, -0.2) is 59.4 Å². The molecule has 1 unspecified atom stereocenters. The van der Waals surface area contributed by atoms with Crippen LogP contribution >= 0.6 is 0 Å². The molecule has 2 saturated heterocycles. The maximum absolute atomic E-state index is 12.7. The van der Waals surface area contributed by atoms with Crippen LogP contribution in [0.25, 0.3) is 11.1 Å². The molecule has 9 heteroatoms. The highest BCUT2D eigenvalue weighted by Crippen LogP contribution is 2.52. The van der Waals surface area contributed by atoms with Crippen molar-refractivity contribution in [2.75, 3.05) is 31.6 Å². The first kappa shape index (κ1) is 21.2. The second-order valence-electron chi connectivity index (χ2n) is 8.71. The standard InChI is InChI=1S/C24H24N4O5/c25-11-16-9-14(1-2-20(16)33-17-4-7-32-8-5-17)15-3-6-26-21(10-15)27-23(29)22-18-12-28(24(30)31)13-19(18)22/h1-3,6,9-10,17-19,22H,4-5,7-8,12-13H2,(H,30,31)(H,26,27,29)/t18-,19+,22?. The topological polar surface area (TPSA) is 125 Å². The van der Waals surface area contributed by atoms with Crippen molar-refractivity contribution in [3.63, 3.8) is 0 Å². The van der Waals surface area contributed by atoms with Crippen molar-refractivity contribution in [2.24, 2.45) is 17.8 Å². The zero-order chi connectivity index (χ0) is 22.9. The summed E-state index contributed by atoms with van der Waals surface area (Å²) in [6, 6.07) is 11.3. The molecule has 1 aromatic carbocycles. The van der Waals surface area contributed by atoms with E-state index in [1.54, 1.807) is 18.3 Å². The van der Waals surface area contributed by atoms with E-state index in [1.807, 2.05) is 18.2 Å². The molecule has 3 heterocycles. The zero-order valence-corrected chi connectivity index (χ0v) is 17.9. The van der Waals surface area contributed by atoms with Crippen molar-refractivity contribution in [3.8, 4) is 22.9 Å². The maximum atomic E-state index is 12.7. The molecular weight excluding hydrogens is 424 g/mol. The lowest BCUT2D eigenvalue weighted by Crippen LogP contribution is -2.32. The summed E-state index contributed by atoms with van der Waals surface area (Å²) in [6.45, 7) is 2.14. The minimum Gasteiger partial charge on any atom is -0.489 e. The van der Waals surface area contributed by atoms with Gasteiger partial charge in [0, 0.05) is 38.0 Å². The Kier molecular flexibility index (Phi) is 5.60. The molecule has 3 aliphatic rings. The van der Waals surface area contributed by atoms with Crippen molar-refractivity contribution in [2.45, 2.75) is 18.9 Å². The first-order valence-corrected chi connectivity index (χ1v) is 11.1. The van der Waals surface area contributed by atoms with E-state index in [0.29, 0.717) is 43.4 Å². The number of nitrogens with zero attached hydrogens (tertiary/aromatic N) is 3. The van der Waals surface area contributed by atoms with E-state index < -0.39 is 6.09 Å². The number of hydrogen-bond donors (Lipinski definition) is 2. The number of hydrogen-bond acceptors (Lipinski definition) is 6. The smallest absolute Gasteiger partial charge is 0.407 e. The normalized spacial score (nSPS) is 24.0. The molecule has 2 aromatic rings. The summed E-state index contributed by atoms with van der Waals surface area (Å²) < 4.78 is 11.4. The Hall–Kier alpha value is -3.64. The van der Waals surface area contributed by atoms with Crippen LogP contribution in [0.1, 0.15) is 18.4 Å². The van der Waals surface area contributed by atoms with Gasteiger partial charge in [0.05, 0.1) is 18.8 Å². The van der Waals surface area contributed by atoms with Crippen molar-refractivity contribution in [1.29, 1.82) is 5.26 Å². The molecule has 0 radical (unpaired) electrons. The van der Waals surface area contributed by atoms with E-state index in [1.165, 1.54) is 4.90 Å². The average Bonchev–Trinajstić information content (AvgIpc) is 3.33. The van der Waals surface area contributed by atoms with E-state index in [0.717, 1.165) is 24.0 Å².